The monoisotopic (exact) mass is 172 g/mol. The van der Waals surface area contributed by atoms with Crippen LogP contribution in [0.15, 0.2) is 12.2 Å². The molecule has 0 heterocycles. The molecule has 1 atom stereocenters. The van der Waals surface area contributed by atoms with E-state index in [4.69, 9.17) is 4.74 Å². The zero-order chi connectivity index (χ0) is 8.85. The van der Waals surface area contributed by atoms with Crippen molar-refractivity contribution in [1.29, 1.82) is 0 Å². The van der Waals surface area contributed by atoms with E-state index in [9.17, 15) is 4.79 Å². The molecule has 64 valence electrons. The van der Waals surface area contributed by atoms with Gasteiger partial charge in [0.2, 0.25) is 0 Å². The van der Waals surface area contributed by atoms with Crippen LogP contribution in [-0.4, -0.2) is 22.3 Å². The van der Waals surface area contributed by atoms with Crippen molar-refractivity contribution in [2.24, 2.45) is 0 Å². The van der Waals surface area contributed by atoms with Crippen molar-refractivity contribution in [3.8, 4) is 0 Å². The lowest BCUT2D eigenvalue weighted by Crippen LogP contribution is -2.14. The van der Waals surface area contributed by atoms with E-state index in [1.807, 2.05) is 6.92 Å². The lowest BCUT2D eigenvalue weighted by molar-refractivity contribution is -0.143. The van der Waals surface area contributed by atoms with E-state index >= 15 is 0 Å². The summed E-state index contributed by atoms with van der Waals surface area (Å²) in [6.07, 6.45) is 1.03. The van der Waals surface area contributed by atoms with Crippen molar-refractivity contribution < 1.29 is 9.53 Å². The molecule has 0 amide bonds. The maximum atomic E-state index is 10.9. The van der Waals surface area contributed by atoms with Gasteiger partial charge in [-0.25, -0.2) is 4.79 Å². The Morgan fingerprint density at radius 3 is 2.64 bits per heavy atom. The van der Waals surface area contributed by atoms with E-state index in [1.165, 1.54) is 16.3 Å². The van der Waals surface area contributed by atoms with Crippen LogP contribution in [0.25, 0.3) is 0 Å². The zero-order valence-corrected chi connectivity index (χ0v) is 9.52. The molecule has 2 nitrogen and oxygen atoms in total. The second-order valence-electron chi connectivity index (χ2n) is 2.78. The number of carbonyl (C=O) groups is 1. The summed E-state index contributed by atoms with van der Waals surface area (Å²) in [7, 11) is 1.17. The molecule has 1 unspecified atom stereocenters. The molecule has 0 saturated heterocycles. The highest BCUT2D eigenvalue weighted by atomic mass is 28.1. The summed E-state index contributed by atoms with van der Waals surface area (Å²) in [5.74, 6) is -0.271. The average molecular weight is 172 g/mol. The van der Waals surface area contributed by atoms with Gasteiger partial charge in [-0.1, -0.05) is 12.6 Å². The largest absolute Gasteiger partial charge is 0.459 e. The molecular weight excluding hydrogens is 156 g/mol. The second kappa shape index (κ2) is 5.13. The molecule has 0 aromatic heterocycles. The number of hydrogen-bond acceptors (Lipinski definition) is 2. The Morgan fingerprint density at radius 1 is 1.73 bits per heavy atom. The molecule has 0 aromatic carbocycles. The van der Waals surface area contributed by atoms with Gasteiger partial charge in [-0.05, 0) is 20.3 Å². The van der Waals surface area contributed by atoms with Gasteiger partial charge >= 0.3 is 5.97 Å². The Labute approximate surface area is 71.1 Å². The lowest BCUT2D eigenvalue weighted by atomic mass is 10.3. The van der Waals surface area contributed by atoms with Crippen LogP contribution in [0.3, 0.4) is 0 Å². The van der Waals surface area contributed by atoms with Gasteiger partial charge in [0, 0.05) is 15.8 Å². The molecule has 0 aliphatic rings. The third-order valence-electron chi connectivity index (χ3n) is 1.35. The SMILES string of the molecule is C=C(C)C(=O)OC(C)CC[SiH3]. The van der Waals surface area contributed by atoms with Crippen LogP contribution in [0.4, 0.5) is 0 Å². The van der Waals surface area contributed by atoms with Crippen molar-refractivity contribution in [3.63, 3.8) is 0 Å². The summed E-state index contributed by atoms with van der Waals surface area (Å²) in [5, 5.41) is 0. The third kappa shape index (κ3) is 4.78. The maximum Gasteiger partial charge on any atom is 0.333 e. The van der Waals surface area contributed by atoms with Gasteiger partial charge in [-0.2, -0.15) is 0 Å². The Hall–Kier alpha value is -0.573. The second-order valence-corrected chi connectivity index (χ2v) is 3.78. The summed E-state index contributed by atoms with van der Waals surface area (Å²) in [4.78, 5) is 10.9. The fourth-order valence-corrected chi connectivity index (χ4v) is 1.56. The number of esters is 1. The van der Waals surface area contributed by atoms with Crippen LogP contribution in [0.2, 0.25) is 6.04 Å². The molecule has 0 bridgehead atoms. The zero-order valence-electron chi connectivity index (χ0n) is 7.52. The van der Waals surface area contributed by atoms with Crippen molar-refractivity contribution in [2.45, 2.75) is 32.4 Å². The van der Waals surface area contributed by atoms with Gasteiger partial charge in [0.25, 0.3) is 0 Å². The lowest BCUT2D eigenvalue weighted by Gasteiger charge is -2.11. The van der Waals surface area contributed by atoms with E-state index in [0.29, 0.717) is 5.57 Å². The Kier molecular flexibility index (Phi) is 4.86. The number of ether oxygens (including phenoxy) is 1. The topological polar surface area (TPSA) is 26.3 Å². The first-order chi connectivity index (χ1) is 5.07. The molecule has 0 spiro atoms. The van der Waals surface area contributed by atoms with Gasteiger partial charge < -0.3 is 4.74 Å². The Morgan fingerprint density at radius 2 is 2.27 bits per heavy atom. The van der Waals surface area contributed by atoms with Gasteiger partial charge in [-0.15, -0.1) is 0 Å². The Balaban J connectivity index is 3.66. The van der Waals surface area contributed by atoms with E-state index in [0.717, 1.165) is 6.42 Å². The molecule has 0 aliphatic carbocycles. The molecule has 3 heteroatoms. The van der Waals surface area contributed by atoms with Crippen molar-refractivity contribution in [2.75, 3.05) is 0 Å². The van der Waals surface area contributed by atoms with Crippen molar-refractivity contribution in [3.05, 3.63) is 12.2 Å². The van der Waals surface area contributed by atoms with Crippen molar-refractivity contribution in [1.82, 2.24) is 0 Å². The van der Waals surface area contributed by atoms with E-state index < -0.39 is 0 Å². The molecule has 0 N–H and O–H groups in total. The smallest absolute Gasteiger partial charge is 0.333 e. The van der Waals surface area contributed by atoms with E-state index in [-0.39, 0.29) is 12.1 Å². The first kappa shape index (κ1) is 10.4. The van der Waals surface area contributed by atoms with Crippen LogP contribution < -0.4 is 0 Å². The molecule has 0 radical (unpaired) electrons. The van der Waals surface area contributed by atoms with Crippen LogP contribution in [0.1, 0.15) is 20.3 Å². The van der Waals surface area contributed by atoms with Crippen LogP contribution in [0.5, 0.6) is 0 Å². The summed E-state index contributed by atoms with van der Waals surface area (Å²) in [5.41, 5.74) is 0.477. The fourth-order valence-electron chi connectivity index (χ4n) is 0.749. The summed E-state index contributed by atoms with van der Waals surface area (Å²) < 4.78 is 5.04. The highest BCUT2D eigenvalue weighted by Gasteiger charge is 2.07. The van der Waals surface area contributed by atoms with Gasteiger partial charge in [0.05, 0.1) is 6.10 Å². The summed E-state index contributed by atoms with van der Waals surface area (Å²) in [6.45, 7) is 7.08. The minimum Gasteiger partial charge on any atom is -0.459 e. The molecule has 0 rings (SSSR count). The van der Waals surface area contributed by atoms with E-state index in [1.54, 1.807) is 6.92 Å². The number of hydrogen-bond donors (Lipinski definition) is 0. The van der Waals surface area contributed by atoms with Gasteiger partial charge in [0.15, 0.2) is 0 Å². The summed E-state index contributed by atoms with van der Waals surface area (Å²) in [6, 6.07) is 1.17. The van der Waals surface area contributed by atoms with Gasteiger partial charge in [-0.3, -0.25) is 0 Å². The Bertz CT molecular complexity index is 154. The summed E-state index contributed by atoms with van der Waals surface area (Å²) >= 11 is 0. The van der Waals surface area contributed by atoms with Gasteiger partial charge in [0.1, 0.15) is 0 Å². The van der Waals surface area contributed by atoms with E-state index in [2.05, 4.69) is 6.58 Å². The maximum absolute atomic E-state index is 10.9. The predicted molar refractivity (Wildman–Crippen MR) is 49.7 cm³/mol. The first-order valence-corrected chi connectivity index (χ1v) is 5.35. The van der Waals surface area contributed by atoms with Crippen LogP contribution in [-0.2, 0) is 9.53 Å². The number of rotatable bonds is 4. The standard InChI is InChI=1S/C8H16O2Si/c1-6(2)8(9)10-7(3)4-5-11/h7H,1,4-5H2,2-3,11H3. The molecule has 0 aliphatic heterocycles. The van der Waals surface area contributed by atoms with Crippen LogP contribution >= 0.6 is 0 Å². The predicted octanol–water partition coefficient (Wildman–Crippen LogP) is 0.668. The normalized spacial score (nSPS) is 12.5. The quantitative estimate of drug-likeness (QED) is 0.354. The van der Waals surface area contributed by atoms with Crippen molar-refractivity contribution >= 4 is 16.2 Å². The minimum absolute atomic E-state index is 0.0525. The molecule has 0 saturated carbocycles. The first-order valence-electron chi connectivity index (χ1n) is 3.94. The average Bonchev–Trinajstić information content (AvgIpc) is 1.87. The third-order valence-corrected chi connectivity index (χ3v) is 1.93. The minimum atomic E-state index is -0.271. The molecule has 0 aromatic rings. The number of carbonyl (C=O) groups excluding carboxylic acids is 1. The molecule has 11 heavy (non-hydrogen) atoms. The molecular formula is C8H16O2Si. The van der Waals surface area contributed by atoms with Crippen LogP contribution in [0, 0.1) is 0 Å². The highest BCUT2D eigenvalue weighted by molar-refractivity contribution is 6.08. The molecule has 0 fully saturated rings. The highest BCUT2D eigenvalue weighted by Crippen LogP contribution is 2.03. The fraction of sp³-hybridized carbons (Fsp3) is 0.625.